The van der Waals surface area contributed by atoms with Crippen LogP contribution in [0.4, 0.5) is 10.5 Å². The van der Waals surface area contributed by atoms with Crippen molar-refractivity contribution in [2.75, 3.05) is 31.1 Å². The lowest BCUT2D eigenvalue weighted by molar-refractivity contribution is 0.0240. The Bertz CT molecular complexity index is 920. The van der Waals surface area contributed by atoms with Crippen molar-refractivity contribution in [3.05, 3.63) is 58.1 Å². The summed E-state index contributed by atoms with van der Waals surface area (Å²) < 4.78 is 6.49. The fourth-order valence-corrected chi connectivity index (χ4v) is 4.02. The molecule has 1 aliphatic rings. The van der Waals surface area contributed by atoms with Gasteiger partial charge in [-0.3, -0.25) is 0 Å². The van der Waals surface area contributed by atoms with Crippen molar-refractivity contribution in [1.82, 2.24) is 9.73 Å². The number of hydrazone groups is 1. The smallest absolute Gasteiger partial charge is 0.410 e. The van der Waals surface area contributed by atoms with Gasteiger partial charge in [-0.05, 0) is 58.0 Å². The molecule has 1 aliphatic heterocycles. The maximum Gasteiger partial charge on any atom is 0.410 e. The van der Waals surface area contributed by atoms with Gasteiger partial charge in [0, 0.05) is 58.7 Å². The van der Waals surface area contributed by atoms with Gasteiger partial charge in [0.1, 0.15) is 5.60 Å². The molecule has 0 aromatic heterocycles. The number of hydrogen-bond acceptors (Lipinski definition) is 6. The van der Waals surface area contributed by atoms with E-state index in [1.165, 1.54) is 17.5 Å². The van der Waals surface area contributed by atoms with Crippen LogP contribution in [-0.2, 0) is 4.74 Å². The van der Waals surface area contributed by atoms with Crippen molar-refractivity contribution in [1.29, 1.82) is 0 Å². The van der Waals surface area contributed by atoms with Gasteiger partial charge in [-0.25, -0.2) is 9.63 Å². The van der Waals surface area contributed by atoms with Crippen LogP contribution in [0.2, 0.25) is 0 Å². The van der Waals surface area contributed by atoms with Crippen LogP contribution >= 0.6 is 27.9 Å². The largest absolute Gasteiger partial charge is 0.444 e. The number of ether oxygens (including phenoxy) is 1. The lowest BCUT2D eigenvalue weighted by Crippen LogP contribution is -2.50. The molecule has 3 rings (SSSR count). The van der Waals surface area contributed by atoms with E-state index >= 15 is 0 Å². The third kappa shape index (κ3) is 7.18. The van der Waals surface area contributed by atoms with E-state index in [0.717, 1.165) is 33.7 Å². The number of hydrogen-bond donors (Lipinski definition) is 1. The average molecular weight is 505 g/mol. The second-order valence-corrected chi connectivity index (χ2v) is 10.2. The molecule has 1 amide bonds. The van der Waals surface area contributed by atoms with E-state index in [9.17, 15) is 4.79 Å². The molecular formula is C23H29BrN4O2S. The van der Waals surface area contributed by atoms with Crippen LogP contribution in [0.5, 0.6) is 0 Å². The molecule has 0 saturated carbocycles. The molecule has 2 aromatic carbocycles. The topological polar surface area (TPSA) is 57.2 Å². The highest BCUT2D eigenvalue weighted by atomic mass is 79.9. The van der Waals surface area contributed by atoms with Crippen LogP contribution in [0.3, 0.4) is 0 Å². The number of nitrogens with one attached hydrogen (secondary N) is 1. The molecule has 1 fully saturated rings. The SMILES string of the molecule is Cc1ccc(SN/N=C/c2cc(Br)ccc2N2CCN(C(=O)OC(C)(C)C)CC2)cc1. The molecule has 0 atom stereocenters. The summed E-state index contributed by atoms with van der Waals surface area (Å²) >= 11 is 5.02. The molecule has 0 radical (unpaired) electrons. The highest BCUT2D eigenvalue weighted by molar-refractivity contribution is 9.10. The zero-order valence-corrected chi connectivity index (χ0v) is 20.8. The second-order valence-electron chi connectivity index (χ2n) is 8.42. The minimum atomic E-state index is -0.479. The van der Waals surface area contributed by atoms with Crippen LogP contribution in [0, 0.1) is 6.92 Å². The predicted octanol–water partition coefficient (Wildman–Crippen LogP) is 5.45. The van der Waals surface area contributed by atoms with Gasteiger partial charge in [0.25, 0.3) is 0 Å². The van der Waals surface area contributed by atoms with Gasteiger partial charge in [0.2, 0.25) is 0 Å². The number of carbonyl (C=O) groups excluding carboxylic acids is 1. The Kier molecular flexibility index (Phi) is 7.89. The molecule has 6 nitrogen and oxygen atoms in total. The minimum absolute atomic E-state index is 0.248. The fraction of sp³-hybridized carbons (Fsp3) is 0.391. The molecule has 166 valence electrons. The summed E-state index contributed by atoms with van der Waals surface area (Å²) in [4.78, 5) is 20.5. The van der Waals surface area contributed by atoms with Gasteiger partial charge in [-0.15, -0.1) is 0 Å². The standard InChI is InChI=1S/C23H29BrN4O2S/c1-17-5-8-20(9-6-17)31-26-25-16-18-15-19(24)7-10-21(18)27-11-13-28(14-12-27)22(29)30-23(2,3)4/h5-10,15-16,26H,11-14H2,1-4H3/b25-16+. The molecule has 1 N–H and O–H groups in total. The molecule has 0 spiro atoms. The van der Waals surface area contributed by atoms with Gasteiger partial charge >= 0.3 is 6.09 Å². The Balaban J connectivity index is 1.61. The van der Waals surface area contributed by atoms with Crippen molar-refractivity contribution in [2.45, 2.75) is 38.2 Å². The third-order valence-corrected chi connectivity index (χ3v) is 5.90. The summed E-state index contributed by atoms with van der Waals surface area (Å²) in [7, 11) is 0. The number of piperazine rings is 1. The van der Waals surface area contributed by atoms with Crippen LogP contribution in [0.25, 0.3) is 0 Å². The molecule has 2 aromatic rings. The van der Waals surface area contributed by atoms with E-state index < -0.39 is 5.60 Å². The van der Waals surface area contributed by atoms with E-state index in [2.05, 4.69) is 74.1 Å². The Morgan fingerprint density at radius 2 is 1.81 bits per heavy atom. The summed E-state index contributed by atoms with van der Waals surface area (Å²) in [5, 5.41) is 4.40. The monoisotopic (exact) mass is 504 g/mol. The first kappa shape index (κ1) is 23.5. The summed E-state index contributed by atoms with van der Waals surface area (Å²) in [6.45, 7) is 10.5. The van der Waals surface area contributed by atoms with Gasteiger partial charge in [0.05, 0.1) is 6.21 Å². The highest BCUT2D eigenvalue weighted by Crippen LogP contribution is 2.25. The number of aryl methyl sites for hydroxylation is 1. The number of rotatable bonds is 5. The van der Waals surface area contributed by atoms with Crippen LogP contribution in [0.1, 0.15) is 31.9 Å². The van der Waals surface area contributed by atoms with Crippen molar-refractivity contribution in [3.8, 4) is 0 Å². The van der Waals surface area contributed by atoms with Crippen molar-refractivity contribution in [3.63, 3.8) is 0 Å². The Morgan fingerprint density at radius 3 is 2.45 bits per heavy atom. The predicted molar refractivity (Wildman–Crippen MR) is 132 cm³/mol. The molecule has 1 saturated heterocycles. The molecule has 0 unspecified atom stereocenters. The van der Waals surface area contributed by atoms with E-state index in [0.29, 0.717) is 13.1 Å². The summed E-state index contributed by atoms with van der Waals surface area (Å²) in [6.07, 6.45) is 1.59. The van der Waals surface area contributed by atoms with Crippen molar-refractivity contribution < 1.29 is 9.53 Å². The van der Waals surface area contributed by atoms with Gasteiger partial charge < -0.3 is 14.5 Å². The maximum absolute atomic E-state index is 12.3. The minimum Gasteiger partial charge on any atom is -0.444 e. The van der Waals surface area contributed by atoms with E-state index in [1.807, 2.05) is 33.1 Å². The quantitative estimate of drug-likeness (QED) is 0.333. The zero-order chi connectivity index (χ0) is 22.4. The fourth-order valence-electron chi connectivity index (χ4n) is 3.15. The van der Waals surface area contributed by atoms with Gasteiger partial charge in [-0.2, -0.15) is 5.10 Å². The van der Waals surface area contributed by atoms with Crippen molar-refractivity contribution in [2.24, 2.45) is 5.10 Å². The molecule has 0 bridgehead atoms. The summed E-state index contributed by atoms with van der Waals surface area (Å²) in [5.41, 5.74) is 2.86. The van der Waals surface area contributed by atoms with E-state index in [4.69, 9.17) is 4.74 Å². The number of carbonyl (C=O) groups is 1. The average Bonchev–Trinajstić information content (AvgIpc) is 2.71. The highest BCUT2D eigenvalue weighted by Gasteiger charge is 2.26. The normalized spacial score (nSPS) is 14.7. The number of benzene rings is 2. The Hall–Kier alpha value is -2.19. The first-order valence-corrected chi connectivity index (χ1v) is 11.9. The lowest BCUT2D eigenvalue weighted by Gasteiger charge is -2.37. The molecule has 0 aliphatic carbocycles. The van der Waals surface area contributed by atoms with E-state index in [-0.39, 0.29) is 6.09 Å². The van der Waals surface area contributed by atoms with Crippen molar-refractivity contribution >= 4 is 45.9 Å². The maximum atomic E-state index is 12.3. The van der Waals surface area contributed by atoms with Crippen LogP contribution < -0.4 is 9.73 Å². The first-order valence-electron chi connectivity index (χ1n) is 10.3. The van der Waals surface area contributed by atoms with Gasteiger partial charge in [0.15, 0.2) is 0 Å². The van der Waals surface area contributed by atoms with Crippen LogP contribution in [0.15, 0.2) is 56.9 Å². The Labute approximate surface area is 197 Å². The number of halogens is 1. The first-order chi connectivity index (χ1) is 14.7. The number of nitrogens with zero attached hydrogens (tertiary/aromatic N) is 3. The summed E-state index contributed by atoms with van der Waals surface area (Å²) in [5.74, 6) is 0. The second kappa shape index (κ2) is 10.4. The molecule has 31 heavy (non-hydrogen) atoms. The number of anilines is 1. The third-order valence-electron chi connectivity index (χ3n) is 4.70. The molecule has 1 heterocycles. The lowest BCUT2D eigenvalue weighted by atomic mass is 10.1. The number of amides is 1. The molecule has 8 heteroatoms. The zero-order valence-electron chi connectivity index (χ0n) is 18.4. The van der Waals surface area contributed by atoms with Gasteiger partial charge in [-0.1, -0.05) is 33.6 Å². The van der Waals surface area contributed by atoms with Crippen LogP contribution in [-0.4, -0.2) is 49.0 Å². The summed E-state index contributed by atoms with van der Waals surface area (Å²) in [6, 6.07) is 14.5. The molecular weight excluding hydrogens is 476 g/mol. The Morgan fingerprint density at radius 1 is 1.13 bits per heavy atom. The van der Waals surface area contributed by atoms with E-state index in [1.54, 1.807) is 4.90 Å².